The van der Waals surface area contributed by atoms with Crippen LogP contribution in [-0.2, 0) is 6.54 Å². The molecule has 6 heteroatoms. The molecule has 0 saturated heterocycles. The fourth-order valence-corrected chi connectivity index (χ4v) is 1.98. The first-order valence-corrected chi connectivity index (χ1v) is 7.06. The van der Waals surface area contributed by atoms with Crippen molar-refractivity contribution in [2.45, 2.75) is 18.0 Å². The lowest BCUT2D eigenvalue weighted by Crippen LogP contribution is -2.21. The summed E-state index contributed by atoms with van der Waals surface area (Å²) < 4.78 is 2.08. The van der Waals surface area contributed by atoms with Crippen LogP contribution in [0.25, 0.3) is 0 Å². The maximum atomic E-state index is 4.20. The molecule has 0 radical (unpaired) electrons. The highest BCUT2D eigenvalue weighted by Crippen LogP contribution is 2.13. The fraction of sp³-hybridized carbons (Fsp3) is 0.417. The summed E-state index contributed by atoms with van der Waals surface area (Å²) in [7, 11) is 2.04. The molecule has 0 saturated carbocycles. The molecule has 0 aliphatic carbocycles. The minimum absolute atomic E-state index is 0.915. The van der Waals surface area contributed by atoms with Gasteiger partial charge in [-0.3, -0.25) is 0 Å². The van der Waals surface area contributed by atoms with E-state index in [9.17, 15) is 0 Å². The quantitative estimate of drug-likeness (QED) is 0.745. The molecule has 2 aromatic heterocycles. The molecule has 0 aliphatic heterocycles. The predicted octanol–water partition coefficient (Wildman–Crippen LogP) is 1.92. The van der Waals surface area contributed by atoms with Crippen molar-refractivity contribution in [1.82, 2.24) is 19.7 Å². The zero-order chi connectivity index (χ0) is 12.8. The summed E-state index contributed by atoms with van der Waals surface area (Å²) in [5.41, 5.74) is 0. The van der Waals surface area contributed by atoms with Crippen LogP contribution in [0.3, 0.4) is 0 Å². The van der Waals surface area contributed by atoms with Gasteiger partial charge in [0.15, 0.2) is 5.82 Å². The summed E-state index contributed by atoms with van der Waals surface area (Å²) in [5.74, 6) is 0.915. The number of thioether (sulfide) groups is 1. The first-order valence-electron chi connectivity index (χ1n) is 5.84. The zero-order valence-electron chi connectivity index (χ0n) is 10.7. The fourth-order valence-electron chi connectivity index (χ4n) is 1.65. The van der Waals surface area contributed by atoms with Crippen molar-refractivity contribution >= 4 is 17.6 Å². The number of aryl methyl sites for hydroxylation is 1. The van der Waals surface area contributed by atoms with Gasteiger partial charge in [-0.15, -0.1) is 22.0 Å². The van der Waals surface area contributed by atoms with Crippen molar-refractivity contribution in [2.75, 3.05) is 24.7 Å². The van der Waals surface area contributed by atoms with Gasteiger partial charge in [-0.1, -0.05) is 0 Å². The molecule has 2 heterocycles. The molecule has 18 heavy (non-hydrogen) atoms. The largest absolute Gasteiger partial charge is 0.358 e. The standard InChI is InChI=1S/C12H17N5S/c1-16(7-3-8-17-9-6-13-10-17)11-4-5-12(18-2)15-14-11/h4-6,9-10H,3,7-8H2,1-2H3. The van der Waals surface area contributed by atoms with Crippen molar-refractivity contribution in [3.8, 4) is 0 Å². The minimum atomic E-state index is 0.915. The maximum Gasteiger partial charge on any atom is 0.151 e. The Morgan fingerprint density at radius 2 is 2.22 bits per heavy atom. The van der Waals surface area contributed by atoms with Crippen LogP contribution in [0.2, 0.25) is 0 Å². The van der Waals surface area contributed by atoms with Crippen LogP contribution in [0.15, 0.2) is 35.9 Å². The zero-order valence-corrected chi connectivity index (χ0v) is 11.5. The van der Waals surface area contributed by atoms with E-state index in [4.69, 9.17) is 0 Å². The molecule has 0 atom stereocenters. The first kappa shape index (κ1) is 12.9. The summed E-state index contributed by atoms with van der Waals surface area (Å²) in [6.45, 7) is 1.92. The van der Waals surface area contributed by atoms with E-state index in [1.54, 1.807) is 18.0 Å². The van der Waals surface area contributed by atoms with Crippen LogP contribution in [0.1, 0.15) is 6.42 Å². The number of imidazole rings is 1. The van der Waals surface area contributed by atoms with Crippen molar-refractivity contribution in [2.24, 2.45) is 0 Å². The lowest BCUT2D eigenvalue weighted by molar-refractivity contribution is 0.634. The van der Waals surface area contributed by atoms with E-state index in [1.807, 2.05) is 38.0 Å². The third-order valence-corrected chi connectivity index (χ3v) is 3.33. The Hall–Kier alpha value is -1.56. The van der Waals surface area contributed by atoms with Gasteiger partial charge in [0.1, 0.15) is 5.03 Å². The molecule has 96 valence electrons. The smallest absolute Gasteiger partial charge is 0.151 e. The number of aromatic nitrogens is 4. The molecule has 0 spiro atoms. The number of rotatable bonds is 6. The van der Waals surface area contributed by atoms with Crippen molar-refractivity contribution in [3.05, 3.63) is 30.9 Å². The molecule has 0 unspecified atom stereocenters. The normalized spacial score (nSPS) is 10.6. The van der Waals surface area contributed by atoms with Gasteiger partial charge in [0, 0.05) is 32.5 Å². The Labute approximate surface area is 111 Å². The molecule has 2 rings (SSSR count). The maximum absolute atomic E-state index is 4.20. The van der Waals surface area contributed by atoms with Gasteiger partial charge >= 0.3 is 0 Å². The number of hydrogen-bond donors (Lipinski definition) is 0. The molecule has 0 aliphatic rings. The van der Waals surface area contributed by atoms with E-state index < -0.39 is 0 Å². The highest BCUT2D eigenvalue weighted by atomic mass is 32.2. The summed E-state index contributed by atoms with van der Waals surface area (Å²) in [6, 6.07) is 4.01. The van der Waals surface area contributed by atoms with Gasteiger partial charge in [0.05, 0.1) is 6.33 Å². The lowest BCUT2D eigenvalue weighted by atomic mass is 10.4. The van der Waals surface area contributed by atoms with Gasteiger partial charge in [-0.25, -0.2) is 4.98 Å². The summed E-state index contributed by atoms with van der Waals surface area (Å²) in [5, 5.41) is 9.28. The highest BCUT2D eigenvalue weighted by Gasteiger charge is 2.03. The van der Waals surface area contributed by atoms with E-state index in [1.165, 1.54) is 0 Å². The molecule has 0 fully saturated rings. The number of anilines is 1. The molecule has 0 bridgehead atoms. The summed E-state index contributed by atoms with van der Waals surface area (Å²) in [4.78, 5) is 6.14. The summed E-state index contributed by atoms with van der Waals surface area (Å²) >= 11 is 1.60. The Bertz CT molecular complexity index is 454. The summed E-state index contributed by atoms with van der Waals surface area (Å²) in [6.07, 6.45) is 8.67. The van der Waals surface area contributed by atoms with Gasteiger partial charge in [0.25, 0.3) is 0 Å². The molecule has 2 aromatic rings. The van der Waals surface area contributed by atoms with Crippen molar-refractivity contribution < 1.29 is 0 Å². The third-order valence-electron chi connectivity index (χ3n) is 2.70. The van der Waals surface area contributed by atoms with Gasteiger partial charge in [-0.2, -0.15) is 0 Å². The van der Waals surface area contributed by atoms with E-state index >= 15 is 0 Å². The second-order valence-corrected chi connectivity index (χ2v) is 4.84. The third kappa shape index (κ3) is 3.46. The Morgan fingerprint density at radius 3 is 2.83 bits per heavy atom. The second-order valence-electron chi connectivity index (χ2n) is 4.01. The minimum Gasteiger partial charge on any atom is -0.358 e. The van der Waals surface area contributed by atoms with Crippen LogP contribution in [0.4, 0.5) is 5.82 Å². The van der Waals surface area contributed by atoms with E-state index in [-0.39, 0.29) is 0 Å². The lowest BCUT2D eigenvalue weighted by Gasteiger charge is -2.17. The molecular weight excluding hydrogens is 246 g/mol. The molecule has 0 N–H and O–H groups in total. The topological polar surface area (TPSA) is 46.8 Å². The predicted molar refractivity (Wildman–Crippen MR) is 73.9 cm³/mol. The Balaban J connectivity index is 1.81. The number of nitrogens with zero attached hydrogens (tertiary/aromatic N) is 5. The van der Waals surface area contributed by atoms with Gasteiger partial charge in [-0.05, 0) is 24.8 Å². The molecule has 0 aromatic carbocycles. The highest BCUT2D eigenvalue weighted by molar-refractivity contribution is 7.98. The average Bonchev–Trinajstić information content (AvgIpc) is 2.92. The average molecular weight is 263 g/mol. The van der Waals surface area contributed by atoms with Crippen molar-refractivity contribution in [3.63, 3.8) is 0 Å². The van der Waals surface area contributed by atoms with E-state index in [0.29, 0.717) is 0 Å². The van der Waals surface area contributed by atoms with Crippen LogP contribution in [-0.4, -0.2) is 39.6 Å². The van der Waals surface area contributed by atoms with E-state index in [2.05, 4.69) is 24.6 Å². The molecule has 5 nitrogen and oxygen atoms in total. The monoisotopic (exact) mass is 263 g/mol. The molecular formula is C12H17N5S. The van der Waals surface area contributed by atoms with E-state index in [0.717, 1.165) is 30.4 Å². The van der Waals surface area contributed by atoms with Crippen LogP contribution >= 0.6 is 11.8 Å². The van der Waals surface area contributed by atoms with Gasteiger partial charge in [0.2, 0.25) is 0 Å². The molecule has 0 amide bonds. The van der Waals surface area contributed by atoms with Gasteiger partial charge < -0.3 is 9.47 Å². The number of hydrogen-bond acceptors (Lipinski definition) is 5. The van der Waals surface area contributed by atoms with Crippen LogP contribution in [0, 0.1) is 0 Å². The van der Waals surface area contributed by atoms with Crippen LogP contribution in [0.5, 0.6) is 0 Å². The Morgan fingerprint density at radius 1 is 1.33 bits per heavy atom. The van der Waals surface area contributed by atoms with Crippen molar-refractivity contribution in [1.29, 1.82) is 0 Å². The van der Waals surface area contributed by atoms with Crippen LogP contribution < -0.4 is 4.90 Å². The Kier molecular flexibility index (Phi) is 4.58. The second kappa shape index (κ2) is 6.39. The first-order chi connectivity index (χ1) is 8.79. The SMILES string of the molecule is CSc1ccc(N(C)CCCn2ccnc2)nn1.